The summed E-state index contributed by atoms with van der Waals surface area (Å²) in [5.74, 6) is 0.658. The van der Waals surface area contributed by atoms with Crippen molar-refractivity contribution in [3.63, 3.8) is 0 Å². The summed E-state index contributed by atoms with van der Waals surface area (Å²) in [6.45, 7) is 4.46. The van der Waals surface area contributed by atoms with E-state index in [1.165, 1.54) is 19.3 Å². The lowest BCUT2D eigenvalue weighted by molar-refractivity contribution is 0.0707. The number of nitrogens with zero attached hydrogens (tertiary/aromatic N) is 2. The molecule has 23 heavy (non-hydrogen) atoms. The van der Waals surface area contributed by atoms with Gasteiger partial charge in [-0.15, -0.1) is 12.4 Å². The van der Waals surface area contributed by atoms with Crippen molar-refractivity contribution in [2.24, 2.45) is 0 Å². The molecular weight excluding hydrogens is 314 g/mol. The highest BCUT2D eigenvalue weighted by atomic mass is 35.5. The van der Waals surface area contributed by atoms with Crippen molar-refractivity contribution < 1.29 is 9.53 Å². The summed E-state index contributed by atoms with van der Waals surface area (Å²) < 4.78 is 5.96. The number of halogens is 1. The zero-order valence-corrected chi connectivity index (χ0v) is 14.5. The van der Waals surface area contributed by atoms with Gasteiger partial charge in [-0.2, -0.15) is 0 Å². The zero-order valence-electron chi connectivity index (χ0n) is 13.7. The van der Waals surface area contributed by atoms with Crippen molar-refractivity contribution in [3.8, 4) is 5.88 Å². The van der Waals surface area contributed by atoms with Crippen LogP contribution in [-0.4, -0.2) is 47.6 Å². The average molecular weight is 340 g/mol. The Balaban J connectivity index is 0.00000192. The van der Waals surface area contributed by atoms with Crippen LogP contribution in [0, 0.1) is 0 Å². The first-order valence-electron chi connectivity index (χ1n) is 8.38. The van der Waals surface area contributed by atoms with Crippen LogP contribution in [0.1, 0.15) is 49.4 Å². The third-order valence-corrected chi connectivity index (χ3v) is 4.48. The van der Waals surface area contributed by atoms with Gasteiger partial charge in [-0.25, -0.2) is 4.98 Å². The minimum atomic E-state index is 0. The average Bonchev–Trinajstić information content (AvgIpc) is 2.55. The predicted octanol–water partition coefficient (Wildman–Crippen LogP) is 2.65. The minimum Gasteiger partial charge on any atom is -0.474 e. The summed E-state index contributed by atoms with van der Waals surface area (Å²) >= 11 is 0. The Morgan fingerprint density at radius 2 is 2.13 bits per heavy atom. The van der Waals surface area contributed by atoms with Gasteiger partial charge in [0.05, 0.1) is 0 Å². The van der Waals surface area contributed by atoms with Crippen molar-refractivity contribution >= 4 is 18.3 Å². The Labute approximate surface area is 144 Å². The summed E-state index contributed by atoms with van der Waals surface area (Å²) in [5, 5.41) is 3.35. The number of nitrogens with one attached hydrogen (secondary N) is 1. The molecule has 3 rings (SSSR count). The van der Waals surface area contributed by atoms with Gasteiger partial charge in [0.1, 0.15) is 6.10 Å². The smallest absolute Gasteiger partial charge is 0.254 e. The van der Waals surface area contributed by atoms with E-state index in [1.54, 1.807) is 18.3 Å². The number of hydrogen-bond donors (Lipinski definition) is 1. The Morgan fingerprint density at radius 3 is 2.87 bits per heavy atom. The van der Waals surface area contributed by atoms with Crippen LogP contribution in [0.5, 0.6) is 5.88 Å². The number of carbonyl (C=O) groups excluding carboxylic acids is 1. The maximum Gasteiger partial charge on any atom is 0.254 e. The molecule has 0 spiro atoms. The summed E-state index contributed by atoms with van der Waals surface area (Å²) in [6.07, 6.45) is 7.86. The highest BCUT2D eigenvalue weighted by Crippen LogP contribution is 2.23. The second-order valence-electron chi connectivity index (χ2n) is 6.37. The van der Waals surface area contributed by atoms with Gasteiger partial charge in [0.2, 0.25) is 5.88 Å². The van der Waals surface area contributed by atoms with Crippen molar-refractivity contribution in [2.45, 2.75) is 51.2 Å². The SMILES string of the molecule is C[C@@H]1CN(C(=O)c2ccnc(OC3CCCCC3)c2)CCN1.Cl. The van der Waals surface area contributed by atoms with Crippen molar-refractivity contribution in [1.82, 2.24) is 15.2 Å². The first-order valence-corrected chi connectivity index (χ1v) is 8.38. The lowest BCUT2D eigenvalue weighted by Crippen LogP contribution is -2.51. The predicted molar refractivity (Wildman–Crippen MR) is 92.4 cm³/mol. The standard InChI is InChI=1S/C17H25N3O2.ClH/c1-13-12-20(10-9-18-13)17(21)14-7-8-19-16(11-14)22-15-5-3-2-4-6-15;/h7-8,11,13,15,18H,2-6,9-10,12H2,1H3;1H/t13-;/m1./s1. The topological polar surface area (TPSA) is 54.5 Å². The van der Waals surface area contributed by atoms with Crippen molar-refractivity contribution in [1.29, 1.82) is 0 Å². The molecule has 2 fully saturated rings. The van der Waals surface area contributed by atoms with Crippen LogP contribution in [0.3, 0.4) is 0 Å². The van der Waals surface area contributed by atoms with E-state index in [1.807, 2.05) is 4.90 Å². The maximum atomic E-state index is 12.6. The molecule has 0 unspecified atom stereocenters. The molecule has 1 saturated carbocycles. The molecule has 1 N–H and O–H groups in total. The monoisotopic (exact) mass is 339 g/mol. The van der Waals surface area contributed by atoms with Gasteiger partial charge in [0.25, 0.3) is 5.91 Å². The van der Waals surface area contributed by atoms with E-state index >= 15 is 0 Å². The number of hydrogen-bond acceptors (Lipinski definition) is 4. The fourth-order valence-corrected chi connectivity index (χ4v) is 3.26. The molecule has 1 saturated heterocycles. The van der Waals surface area contributed by atoms with Gasteiger partial charge in [0, 0.05) is 43.5 Å². The molecule has 1 aliphatic carbocycles. The largest absolute Gasteiger partial charge is 0.474 e. The third-order valence-electron chi connectivity index (χ3n) is 4.48. The molecule has 6 heteroatoms. The minimum absolute atomic E-state index is 0. The van der Waals surface area contributed by atoms with Crippen LogP contribution in [0.15, 0.2) is 18.3 Å². The quantitative estimate of drug-likeness (QED) is 0.919. The van der Waals surface area contributed by atoms with Gasteiger partial charge in [-0.1, -0.05) is 6.42 Å². The molecule has 2 aliphatic rings. The molecule has 1 aromatic rings. The van der Waals surface area contributed by atoms with E-state index in [0.717, 1.165) is 32.5 Å². The number of amides is 1. The number of rotatable bonds is 3. The molecule has 0 bridgehead atoms. The molecule has 1 atom stereocenters. The molecule has 1 aliphatic heterocycles. The Kier molecular flexibility index (Phi) is 6.66. The molecule has 128 valence electrons. The summed E-state index contributed by atoms with van der Waals surface area (Å²) in [5.41, 5.74) is 0.676. The molecule has 2 heterocycles. The number of piperazine rings is 1. The number of pyridine rings is 1. The Bertz CT molecular complexity index is 520. The molecular formula is C17H26ClN3O2. The van der Waals surface area contributed by atoms with E-state index < -0.39 is 0 Å². The van der Waals surface area contributed by atoms with E-state index in [9.17, 15) is 4.79 Å². The van der Waals surface area contributed by atoms with Gasteiger partial charge in [0.15, 0.2) is 0 Å². The highest BCUT2D eigenvalue weighted by molar-refractivity contribution is 5.94. The van der Waals surface area contributed by atoms with Crippen LogP contribution in [0.25, 0.3) is 0 Å². The first-order chi connectivity index (χ1) is 10.7. The summed E-state index contributed by atoms with van der Waals surface area (Å²) in [6, 6.07) is 3.92. The molecule has 1 amide bonds. The van der Waals surface area contributed by atoms with E-state index in [2.05, 4.69) is 17.2 Å². The normalized spacial score (nSPS) is 22.3. The summed E-state index contributed by atoms with van der Waals surface area (Å²) in [7, 11) is 0. The molecule has 0 aromatic carbocycles. The fraction of sp³-hybridized carbons (Fsp3) is 0.647. The lowest BCUT2D eigenvalue weighted by Gasteiger charge is -2.32. The Morgan fingerprint density at radius 1 is 1.35 bits per heavy atom. The van der Waals surface area contributed by atoms with E-state index in [4.69, 9.17) is 4.74 Å². The lowest BCUT2D eigenvalue weighted by atomic mass is 9.98. The zero-order chi connectivity index (χ0) is 15.4. The second kappa shape index (κ2) is 8.50. The second-order valence-corrected chi connectivity index (χ2v) is 6.37. The van der Waals surface area contributed by atoms with Crippen LogP contribution >= 0.6 is 12.4 Å². The van der Waals surface area contributed by atoms with Crippen molar-refractivity contribution in [3.05, 3.63) is 23.9 Å². The van der Waals surface area contributed by atoms with Crippen LogP contribution in [0.2, 0.25) is 0 Å². The van der Waals surface area contributed by atoms with Gasteiger partial charge >= 0.3 is 0 Å². The number of carbonyl (C=O) groups is 1. The summed E-state index contributed by atoms with van der Waals surface area (Å²) in [4.78, 5) is 18.8. The molecule has 5 nitrogen and oxygen atoms in total. The molecule has 1 aromatic heterocycles. The van der Waals surface area contributed by atoms with Crippen molar-refractivity contribution in [2.75, 3.05) is 19.6 Å². The number of aromatic nitrogens is 1. The third kappa shape index (κ3) is 4.82. The van der Waals surface area contributed by atoms with E-state index in [-0.39, 0.29) is 24.4 Å². The number of ether oxygens (including phenoxy) is 1. The molecule has 0 radical (unpaired) electrons. The van der Waals surface area contributed by atoms with Crippen LogP contribution < -0.4 is 10.1 Å². The first kappa shape index (κ1) is 18.0. The fourth-order valence-electron chi connectivity index (χ4n) is 3.26. The van der Waals surface area contributed by atoms with Gasteiger partial charge in [-0.3, -0.25) is 4.79 Å². The van der Waals surface area contributed by atoms with Gasteiger partial charge in [-0.05, 0) is 38.7 Å². The maximum absolute atomic E-state index is 12.6. The van der Waals surface area contributed by atoms with Gasteiger partial charge < -0.3 is 15.0 Å². The van der Waals surface area contributed by atoms with Crippen LogP contribution in [-0.2, 0) is 0 Å². The Hall–Kier alpha value is -1.33. The highest BCUT2D eigenvalue weighted by Gasteiger charge is 2.22. The van der Waals surface area contributed by atoms with Crippen LogP contribution in [0.4, 0.5) is 0 Å². The van der Waals surface area contributed by atoms with E-state index in [0.29, 0.717) is 17.5 Å².